The summed E-state index contributed by atoms with van der Waals surface area (Å²) in [5, 5.41) is 12.1. The standard InChI is InChI=1S/C15H15NO3/c1-19-14-7-5-11(6-8-14)10-16-13-4-2-3-12(9-13)15(17)18/h2-9,16H,10H2,1H3,(H,17,18). The molecule has 0 aromatic heterocycles. The molecule has 0 atom stereocenters. The smallest absolute Gasteiger partial charge is 0.335 e. The summed E-state index contributed by atoms with van der Waals surface area (Å²) in [5.41, 5.74) is 2.16. The Kier molecular flexibility index (Phi) is 4.03. The molecule has 0 aliphatic carbocycles. The van der Waals surface area contributed by atoms with Gasteiger partial charge in [0, 0.05) is 12.2 Å². The van der Waals surface area contributed by atoms with Crippen LogP contribution in [0, 0.1) is 0 Å². The highest BCUT2D eigenvalue weighted by Crippen LogP contribution is 2.14. The van der Waals surface area contributed by atoms with Gasteiger partial charge < -0.3 is 15.2 Å². The first-order valence-electron chi connectivity index (χ1n) is 5.89. The predicted molar refractivity (Wildman–Crippen MR) is 73.7 cm³/mol. The predicted octanol–water partition coefficient (Wildman–Crippen LogP) is 3.01. The van der Waals surface area contributed by atoms with Crippen LogP contribution in [-0.2, 0) is 6.54 Å². The lowest BCUT2D eigenvalue weighted by molar-refractivity contribution is 0.0697. The number of rotatable bonds is 5. The van der Waals surface area contributed by atoms with E-state index in [1.807, 2.05) is 30.3 Å². The van der Waals surface area contributed by atoms with E-state index in [9.17, 15) is 4.79 Å². The zero-order valence-electron chi connectivity index (χ0n) is 10.6. The fourth-order valence-electron chi connectivity index (χ4n) is 1.71. The Morgan fingerprint density at radius 2 is 1.95 bits per heavy atom. The summed E-state index contributed by atoms with van der Waals surface area (Å²) in [5.74, 6) is -0.107. The van der Waals surface area contributed by atoms with Gasteiger partial charge in [-0.15, -0.1) is 0 Å². The van der Waals surface area contributed by atoms with Gasteiger partial charge in [0.05, 0.1) is 12.7 Å². The van der Waals surface area contributed by atoms with E-state index in [2.05, 4.69) is 5.32 Å². The molecule has 2 rings (SSSR count). The summed E-state index contributed by atoms with van der Waals surface area (Å²) in [6, 6.07) is 14.5. The fourth-order valence-corrected chi connectivity index (χ4v) is 1.71. The van der Waals surface area contributed by atoms with E-state index < -0.39 is 5.97 Å². The normalized spacial score (nSPS) is 9.95. The number of nitrogens with one attached hydrogen (secondary N) is 1. The molecule has 0 fully saturated rings. The summed E-state index contributed by atoms with van der Waals surface area (Å²) >= 11 is 0. The number of aromatic carboxylic acids is 1. The minimum atomic E-state index is -0.923. The van der Waals surface area contributed by atoms with Gasteiger partial charge in [-0.2, -0.15) is 0 Å². The molecule has 0 saturated carbocycles. The topological polar surface area (TPSA) is 58.6 Å². The first-order valence-corrected chi connectivity index (χ1v) is 5.89. The number of anilines is 1. The van der Waals surface area contributed by atoms with E-state index in [1.54, 1.807) is 25.3 Å². The first-order chi connectivity index (χ1) is 9.19. The number of carboxylic acids is 1. The second-order valence-corrected chi connectivity index (χ2v) is 4.09. The first kappa shape index (κ1) is 13.0. The van der Waals surface area contributed by atoms with Crippen LogP contribution < -0.4 is 10.1 Å². The SMILES string of the molecule is COc1ccc(CNc2cccc(C(=O)O)c2)cc1. The fraction of sp³-hybridized carbons (Fsp3) is 0.133. The average Bonchev–Trinajstić information content (AvgIpc) is 2.46. The molecule has 0 heterocycles. The number of methoxy groups -OCH3 is 1. The number of carbonyl (C=O) groups is 1. The molecule has 0 bridgehead atoms. The molecule has 0 amide bonds. The lowest BCUT2D eigenvalue weighted by atomic mass is 10.2. The summed E-state index contributed by atoms with van der Waals surface area (Å²) in [7, 11) is 1.63. The Balaban J connectivity index is 2.01. The van der Waals surface area contributed by atoms with Gasteiger partial charge in [-0.1, -0.05) is 18.2 Å². The quantitative estimate of drug-likeness (QED) is 0.864. The minimum absolute atomic E-state index is 0.278. The number of ether oxygens (including phenoxy) is 1. The van der Waals surface area contributed by atoms with Crippen molar-refractivity contribution >= 4 is 11.7 Å². The lowest BCUT2D eigenvalue weighted by Crippen LogP contribution is -2.01. The van der Waals surface area contributed by atoms with Crippen molar-refractivity contribution in [3.8, 4) is 5.75 Å². The van der Waals surface area contributed by atoms with E-state index in [4.69, 9.17) is 9.84 Å². The van der Waals surface area contributed by atoms with Gasteiger partial charge in [-0.3, -0.25) is 0 Å². The lowest BCUT2D eigenvalue weighted by Gasteiger charge is -2.08. The van der Waals surface area contributed by atoms with E-state index in [0.29, 0.717) is 6.54 Å². The van der Waals surface area contributed by atoms with E-state index in [1.165, 1.54) is 0 Å². The van der Waals surface area contributed by atoms with Gasteiger partial charge in [0.2, 0.25) is 0 Å². The maximum Gasteiger partial charge on any atom is 0.335 e. The van der Waals surface area contributed by atoms with Crippen molar-refractivity contribution in [3.63, 3.8) is 0 Å². The molecular weight excluding hydrogens is 242 g/mol. The zero-order valence-corrected chi connectivity index (χ0v) is 10.6. The number of carboxylic acid groups (broad SMARTS) is 1. The van der Waals surface area contributed by atoms with E-state index >= 15 is 0 Å². The van der Waals surface area contributed by atoms with Gasteiger partial charge >= 0.3 is 5.97 Å². The second kappa shape index (κ2) is 5.91. The number of hydrogen-bond donors (Lipinski definition) is 2. The van der Waals surface area contributed by atoms with Gasteiger partial charge in [-0.05, 0) is 35.9 Å². The Hall–Kier alpha value is -2.49. The van der Waals surface area contributed by atoms with Gasteiger partial charge in [0.1, 0.15) is 5.75 Å². The van der Waals surface area contributed by atoms with Crippen molar-refractivity contribution in [2.24, 2.45) is 0 Å². The van der Waals surface area contributed by atoms with Crippen molar-refractivity contribution < 1.29 is 14.6 Å². The summed E-state index contributed by atoms with van der Waals surface area (Å²) in [6.07, 6.45) is 0. The van der Waals surface area contributed by atoms with Crippen molar-refractivity contribution in [2.75, 3.05) is 12.4 Å². The molecule has 0 spiro atoms. The summed E-state index contributed by atoms with van der Waals surface area (Å²) < 4.78 is 5.09. The van der Waals surface area contributed by atoms with Gasteiger partial charge in [0.15, 0.2) is 0 Å². The van der Waals surface area contributed by atoms with Crippen molar-refractivity contribution in [2.45, 2.75) is 6.54 Å². The van der Waals surface area contributed by atoms with Crippen LogP contribution in [0.1, 0.15) is 15.9 Å². The zero-order chi connectivity index (χ0) is 13.7. The molecule has 19 heavy (non-hydrogen) atoms. The van der Waals surface area contributed by atoms with Crippen LogP contribution in [0.4, 0.5) is 5.69 Å². The van der Waals surface area contributed by atoms with Crippen molar-refractivity contribution in [3.05, 3.63) is 59.7 Å². The molecule has 0 aliphatic heterocycles. The van der Waals surface area contributed by atoms with E-state index in [-0.39, 0.29) is 5.56 Å². The Labute approximate surface area is 111 Å². The van der Waals surface area contributed by atoms with Crippen LogP contribution in [0.25, 0.3) is 0 Å². The molecule has 98 valence electrons. The molecule has 2 N–H and O–H groups in total. The third-order valence-electron chi connectivity index (χ3n) is 2.77. The molecule has 0 saturated heterocycles. The Morgan fingerprint density at radius 3 is 2.58 bits per heavy atom. The molecule has 0 unspecified atom stereocenters. The van der Waals surface area contributed by atoms with Crippen LogP contribution >= 0.6 is 0 Å². The molecule has 4 nitrogen and oxygen atoms in total. The maximum absolute atomic E-state index is 10.9. The third-order valence-corrected chi connectivity index (χ3v) is 2.77. The molecule has 4 heteroatoms. The van der Waals surface area contributed by atoms with Crippen LogP contribution in [0.15, 0.2) is 48.5 Å². The molecule has 0 radical (unpaired) electrons. The van der Waals surface area contributed by atoms with E-state index in [0.717, 1.165) is 17.0 Å². The highest BCUT2D eigenvalue weighted by atomic mass is 16.5. The molecule has 2 aromatic carbocycles. The maximum atomic E-state index is 10.9. The summed E-state index contributed by atoms with van der Waals surface area (Å²) in [4.78, 5) is 10.9. The van der Waals surface area contributed by atoms with Crippen molar-refractivity contribution in [1.29, 1.82) is 0 Å². The highest BCUT2D eigenvalue weighted by Gasteiger charge is 2.02. The second-order valence-electron chi connectivity index (χ2n) is 4.09. The van der Waals surface area contributed by atoms with Crippen LogP contribution in [0.2, 0.25) is 0 Å². The third kappa shape index (κ3) is 3.48. The monoisotopic (exact) mass is 257 g/mol. The molecule has 0 aliphatic rings. The largest absolute Gasteiger partial charge is 0.497 e. The van der Waals surface area contributed by atoms with Crippen molar-refractivity contribution in [1.82, 2.24) is 0 Å². The van der Waals surface area contributed by atoms with Crippen LogP contribution in [0.5, 0.6) is 5.75 Å². The molecule has 2 aromatic rings. The number of hydrogen-bond acceptors (Lipinski definition) is 3. The van der Waals surface area contributed by atoms with Crippen LogP contribution in [0.3, 0.4) is 0 Å². The minimum Gasteiger partial charge on any atom is -0.497 e. The van der Waals surface area contributed by atoms with Gasteiger partial charge in [0.25, 0.3) is 0 Å². The number of benzene rings is 2. The van der Waals surface area contributed by atoms with Gasteiger partial charge in [-0.25, -0.2) is 4.79 Å². The average molecular weight is 257 g/mol. The Bertz CT molecular complexity index is 564. The molecular formula is C15H15NO3. The Morgan fingerprint density at radius 1 is 1.21 bits per heavy atom. The highest BCUT2D eigenvalue weighted by molar-refractivity contribution is 5.88. The summed E-state index contributed by atoms with van der Waals surface area (Å²) in [6.45, 7) is 0.632. The van der Waals surface area contributed by atoms with Crippen LogP contribution in [-0.4, -0.2) is 18.2 Å².